The minimum Gasteiger partial charge on any atom is -0.497 e. The molecule has 2 saturated heterocycles. The molecular weight excluding hydrogens is 381 g/mol. The number of hydrogen-bond acceptors (Lipinski definition) is 3. The van der Waals surface area contributed by atoms with E-state index in [2.05, 4.69) is 4.90 Å². The zero-order chi connectivity index (χ0) is 20.6. The van der Waals surface area contributed by atoms with Crippen molar-refractivity contribution in [3.05, 3.63) is 59.7 Å². The van der Waals surface area contributed by atoms with E-state index in [4.69, 9.17) is 4.74 Å². The van der Waals surface area contributed by atoms with Crippen LogP contribution >= 0.6 is 0 Å². The van der Waals surface area contributed by atoms with Crippen molar-refractivity contribution in [2.45, 2.75) is 25.1 Å². The summed E-state index contributed by atoms with van der Waals surface area (Å²) in [5.74, 6) is 0.774. The van der Waals surface area contributed by atoms with Crippen molar-refractivity contribution in [3.63, 3.8) is 0 Å². The van der Waals surface area contributed by atoms with Crippen LogP contribution in [-0.2, 0) is 6.18 Å². The van der Waals surface area contributed by atoms with E-state index in [-0.39, 0.29) is 17.5 Å². The lowest BCUT2D eigenvalue weighted by atomic mass is 9.91. The Morgan fingerprint density at radius 3 is 2.55 bits per heavy atom. The molecule has 2 fully saturated rings. The molecule has 4 nitrogen and oxygen atoms in total. The number of carbonyl (C=O) groups excluding carboxylic acids is 1. The normalized spacial score (nSPS) is 21.8. The van der Waals surface area contributed by atoms with Crippen molar-refractivity contribution in [2.24, 2.45) is 5.92 Å². The summed E-state index contributed by atoms with van der Waals surface area (Å²) in [5.41, 5.74) is 0.378. The molecule has 0 N–H and O–H groups in total. The fraction of sp³-hybridized carbons (Fsp3) is 0.409. The summed E-state index contributed by atoms with van der Waals surface area (Å²) in [6.45, 7) is 2.00. The summed E-state index contributed by atoms with van der Waals surface area (Å²) in [6.07, 6.45) is -2.41. The first kappa shape index (κ1) is 19.6. The molecule has 2 aromatic rings. The van der Waals surface area contributed by atoms with Crippen molar-refractivity contribution in [2.75, 3.05) is 31.6 Å². The average Bonchev–Trinajstić information content (AvgIpc) is 3.17. The molecule has 0 aliphatic carbocycles. The highest BCUT2D eigenvalue weighted by atomic mass is 19.4. The molecule has 0 bridgehead atoms. The smallest absolute Gasteiger partial charge is 0.416 e. The Labute approximate surface area is 167 Å². The number of piperidine rings is 1. The van der Waals surface area contributed by atoms with Crippen LogP contribution < -0.4 is 9.64 Å². The molecule has 7 heteroatoms. The third-order valence-electron chi connectivity index (χ3n) is 5.91. The molecule has 0 saturated carbocycles. The molecule has 1 amide bonds. The molecule has 2 aromatic carbocycles. The second-order valence-electron chi connectivity index (χ2n) is 7.65. The fourth-order valence-electron chi connectivity index (χ4n) is 4.45. The lowest BCUT2D eigenvalue weighted by Gasteiger charge is -2.38. The predicted octanol–water partition coefficient (Wildman–Crippen LogP) is 4.46. The lowest BCUT2D eigenvalue weighted by molar-refractivity contribution is -0.137. The van der Waals surface area contributed by atoms with Crippen LogP contribution in [0.3, 0.4) is 0 Å². The maximum Gasteiger partial charge on any atom is 0.416 e. The first-order chi connectivity index (χ1) is 13.9. The molecule has 29 heavy (non-hydrogen) atoms. The second kappa shape index (κ2) is 7.61. The van der Waals surface area contributed by atoms with E-state index in [1.165, 1.54) is 12.1 Å². The number of halogens is 3. The van der Waals surface area contributed by atoms with E-state index < -0.39 is 11.7 Å². The number of amides is 1. The fourth-order valence-corrected chi connectivity index (χ4v) is 4.45. The van der Waals surface area contributed by atoms with Gasteiger partial charge in [0.05, 0.1) is 18.7 Å². The van der Waals surface area contributed by atoms with Gasteiger partial charge < -0.3 is 14.5 Å². The quantitative estimate of drug-likeness (QED) is 0.758. The van der Waals surface area contributed by atoms with Gasteiger partial charge in [0.15, 0.2) is 0 Å². The van der Waals surface area contributed by atoms with E-state index in [1.54, 1.807) is 12.0 Å². The zero-order valence-corrected chi connectivity index (χ0v) is 16.2. The van der Waals surface area contributed by atoms with Gasteiger partial charge in [0, 0.05) is 30.9 Å². The van der Waals surface area contributed by atoms with Gasteiger partial charge in [-0.05, 0) is 61.2 Å². The molecule has 2 aliphatic rings. The number of ether oxygens (including phenoxy) is 1. The van der Waals surface area contributed by atoms with Gasteiger partial charge in [-0.2, -0.15) is 13.2 Å². The number of rotatable bonds is 3. The van der Waals surface area contributed by atoms with Crippen molar-refractivity contribution in [1.29, 1.82) is 0 Å². The number of likely N-dealkylation sites (tertiary alicyclic amines) is 1. The SMILES string of the molecule is COc1ccc(N2CCC[C@@H]3CN(C(=O)c4cccc(C(F)(F)F)c4)C[C@H]32)cc1. The molecular formula is C22H23F3N2O2. The Morgan fingerprint density at radius 2 is 1.86 bits per heavy atom. The van der Waals surface area contributed by atoms with Crippen LogP contribution in [0.5, 0.6) is 5.75 Å². The first-order valence-corrected chi connectivity index (χ1v) is 9.74. The van der Waals surface area contributed by atoms with Crippen LogP contribution in [0.15, 0.2) is 48.5 Å². The van der Waals surface area contributed by atoms with Crippen molar-refractivity contribution in [3.8, 4) is 5.75 Å². The van der Waals surface area contributed by atoms with Crippen LogP contribution in [0.25, 0.3) is 0 Å². The summed E-state index contributed by atoms with van der Waals surface area (Å²) in [5, 5.41) is 0. The molecule has 0 spiro atoms. The molecule has 0 aromatic heterocycles. The van der Waals surface area contributed by atoms with E-state index in [9.17, 15) is 18.0 Å². The highest BCUT2D eigenvalue weighted by molar-refractivity contribution is 5.94. The predicted molar refractivity (Wildman–Crippen MR) is 104 cm³/mol. The zero-order valence-electron chi connectivity index (χ0n) is 16.2. The Morgan fingerprint density at radius 1 is 1.10 bits per heavy atom. The molecule has 154 valence electrons. The van der Waals surface area contributed by atoms with Gasteiger partial charge in [0.25, 0.3) is 5.91 Å². The highest BCUT2D eigenvalue weighted by Gasteiger charge is 2.41. The number of carbonyl (C=O) groups is 1. The first-order valence-electron chi connectivity index (χ1n) is 9.74. The number of anilines is 1. The van der Waals surface area contributed by atoms with Crippen molar-refractivity contribution < 1.29 is 22.7 Å². The monoisotopic (exact) mass is 404 g/mol. The molecule has 0 radical (unpaired) electrons. The van der Waals surface area contributed by atoms with Gasteiger partial charge in [-0.15, -0.1) is 0 Å². The van der Waals surface area contributed by atoms with Crippen LogP contribution in [0, 0.1) is 5.92 Å². The third-order valence-corrected chi connectivity index (χ3v) is 5.91. The van der Waals surface area contributed by atoms with Crippen LogP contribution in [0.4, 0.5) is 18.9 Å². The molecule has 2 heterocycles. The average molecular weight is 404 g/mol. The third kappa shape index (κ3) is 3.91. The summed E-state index contributed by atoms with van der Waals surface area (Å²) in [4.78, 5) is 16.9. The minimum absolute atomic E-state index is 0.0921. The summed E-state index contributed by atoms with van der Waals surface area (Å²) in [6, 6.07) is 12.7. The van der Waals surface area contributed by atoms with Gasteiger partial charge >= 0.3 is 6.18 Å². The summed E-state index contributed by atoms with van der Waals surface area (Å²) >= 11 is 0. The number of methoxy groups -OCH3 is 1. The van der Waals surface area contributed by atoms with Gasteiger partial charge in [-0.1, -0.05) is 6.07 Å². The number of nitrogens with zero attached hydrogens (tertiary/aromatic N) is 2. The Balaban J connectivity index is 1.52. The van der Waals surface area contributed by atoms with Gasteiger partial charge in [0.1, 0.15) is 5.75 Å². The number of fused-ring (bicyclic) bond motifs is 1. The van der Waals surface area contributed by atoms with Crippen molar-refractivity contribution >= 4 is 11.6 Å². The maximum atomic E-state index is 13.0. The Kier molecular flexibility index (Phi) is 5.15. The van der Waals surface area contributed by atoms with Crippen LogP contribution in [0.2, 0.25) is 0 Å². The summed E-state index contributed by atoms with van der Waals surface area (Å²) in [7, 11) is 1.63. The van der Waals surface area contributed by atoms with E-state index >= 15 is 0 Å². The molecule has 0 unspecified atom stereocenters. The molecule has 2 aliphatic heterocycles. The van der Waals surface area contributed by atoms with Crippen molar-refractivity contribution in [1.82, 2.24) is 4.90 Å². The second-order valence-corrected chi connectivity index (χ2v) is 7.65. The van der Waals surface area contributed by atoms with Gasteiger partial charge in [-0.25, -0.2) is 0 Å². The van der Waals surface area contributed by atoms with Crippen LogP contribution in [0.1, 0.15) is 28.8 Å². The highest BCUT2D eigenvalue weighted by Crippen LogP contribution is 2.36. The van der Waals surface area contributed by atoms with Gasteiger partial charge in [0.2, 0.25) is 0 Å². The molecule has 2 atom stereocenters. The maximum absolute atomic E-state index is 13.0. The Hall–Kier alpha value is -2.70. The largest absolute Gasteiger partial charge is 0.497 e. The lowest BCUT2D eigenvalue weighted by Crippen LogP contribution is -2.45. The number of benzene rings is 2. The van der Waals surface area contributed by atoms with E-state index in [1.807, 2.05) is 24.3 Å². The summed E-state index contributed by atoms with van der Waals surface area (Å²) < 4.78 is 44.2. The van der Waals surface area contributed by atoms with Crippen LogP contribution in [-0.4, -0.2) is 43.6 Å². The number of alkyl halides is 3. The topological polar surface area (TPSA) is 32.8 Å². The standard InChI is InChI=1S/C22H23F3N2O2/c1-29-19-9-7-18(8-10-19)27-11-3-5-16-13-26(14-20(16)27)21(28)15-4-2-6-17(12-15)22(23,24)25/h2,4,6-10,12,16,20H,3,5,11,13-14H2,1H3/t16-,20-/m1/s1. The minimum atomic E-state index is -4.46. The van der Waals surface area contributed by atoms with E-state index in [0.29, 0.717) is 19.0 Å². The number of hydrogen-bond donors (Lipinski definition) is 0. The molecule has 4 rings (SSSR count). The van der Waals surface area contributed by atoms with Gasteiger partial charge in [-0.3, -0.25) is 4.79 Å². The van der Waals surface area contributed by atoms with E-state index in [0.717, 1.165) is 43.0 Å². The Bertz CT molecular complexity index is 882.